The van der Waals surface area contributed by atoms with Gasteiger partial charge in [0.05, 0.1) is 5.56 Å². The highest BCUT2D eigenvalue weighted by Gasteiger charge is 2.20. The minimum absolute atomic E-state index is 0.217. The van der Waals surface area contributed by atoms with Crippen molar-refractivity contribution in [3.8, 4) is 5.82 Å². The molecule has 2 aromatic heterocycles. The summed E-state index contributed by atoms with van der Waals surface area (Å²) in [6.07, 6.45) is 5.35. The molecule has 0 fully saturated rings. The molecular weight excluding hydrogens is 266 g/mol. The highest BCUT2D eigenvalue weighted by atomic mass is 16.4. The quantitative estimate of drug-likeness (QED) is 0.937. The van der Waals surface area contributed by atoms with Crippen LogP contribution in [0, 0.1) is 0 Å². The number of hydrogen-bond donors (Lipinski definition) is 1. The zero-order valence-corrected chi connectivity index (χ0v) is 12.9. The number of carboxylic acids is 1. The van der Waals surface area contributed by atoms with E-state index in [-0.39, 0.29) is 11.0 Å². The Labute approximate surface area is 124 Å². The van der Waals surface area contributed by atoms with Crippen LogP contribution in [0.4, 0.5) is 0 Å². The number of imidazole rings is 1. The van der Waals surface area contributed by atoms with Gasteiger partial charge in [0.25, 0.3) is 0 Å². The van der Waals surface area contributed by atoms with E-state index >= 15 is 0 Å². The maximum Gasteiger partial charge on any atom is 0.335 e. The standard InChI is InChI=1S/C16H21N3O2/c1-5-6-13-17-7-8-19(13)14-10-11(15(20)21)9-12(18-14)16(2,3)4/h7-10H,5-6H2,1-4H3,(H,20,21). The predicted molar refractivity (Wildman–Crippen MR) is 81.0 cm³/mol. The summed E-state index contributed by atoms with van der Waals surface area (Å²) in [5.41, 5.74) is 0.792. The molecular formula is C16H21N3O2. The molecule has 2 aromatic rings. The third-order valence-corrected chi connectivity index (χ3v) is 3.26. The van der Waals surface area contributed by atoms with Gasteiger partial charge in [-0.1, -0.05) is 27.7 Å². The van der Waals surface area contributed by atoms with E-state index in [1.54, 1.807) is 18.3 Å². The van der Waals surface area contributed by atoms with Crippen LogP contribution in [-0.4, -0.2) is 25.6 Å². The SMILES string of the molecule is CCCc1nccn1-c1cc(C(=O)O)cc(C(C)(C)C)n1. The molecule has 0 saturated carbocycles. The first-order chi connectivity index (χ1) is 9.82. The van der Waals surface area contributed by atoms with Crippen LogP contribution in [0.15, 0.2) is 24.5 Å². The number of aromatic carboxylic acids is 1. The normalized spacial score (nSPS) is 11.6. The number of pyridine rings is 1. The largest absolute Gasteiger partial charge is 0.478 e. The molecule has 0 bridgehead atoms. The Hall–Kier alpha value is -2.17. The fourth-order valence-corrected chi connectivity index (χ4v) is 2.10. The van der Waals surface area contributed by atoms with E-state index in [0.717, 1.165) is 24.4 Å². The first-order valence-corrected chi connectivity index (χ1v) is 7.11. The highest BCUT2D eigenvalue weighted by molar-refractivity contribution is 5.88. The average Bonchev–Trinajstić information content (AvgIpc) is 2.86. The van der Waals surface area contributed by atoms with Gasteiger partial charge in [0.15, 0.2) is 0 Å². The maximum atomic E-state index is 11.4. The summed E-state index contributed by atoms with van der Waals surface area (Å²) in [5, 5.41) is 9.32. The van der Waals surface area contributed by atoms with Crippen molar-refractivity contribution in [3.63, 3.8) is 0 Å². The molecule has 0 radical (unpaired) electrons. The number of aromatic nitrogens is 3. The van der Waals surface area contributed by atoms with Crippen molar-refractivity contribution in [2.24, 2.45) is 0 Å². The molecule has 0 atom stereocenters. The number of rotatable bonds is 4. The van der Waals surface area contributed by atoms with E-state index in [0.29, 0.717) is 5.82 Å². The van der Waals surface area contributed by atoms with E-state index in [9.17, 15) is 9.90 Å². The molecule has 0 aromatic carbocycles. The first kappa shape index (κ1) is 15.2. The Balaban J connectivity index is 2.60. The summed E-state index contributed by atoms with van der Waals surface area (Å²) in [6, 6.07) is 3.24. The lowest BCUT2D eigenvalue weighted by Gasteiger charge is -2.20. The molecule has 21 heavy (non-hydrogen) atoms. The minimum Gasteiger partial charge on any atom is -0.478 e. The van der Waals surface area contributed by atoms with Crippen molar-refractivity contribution < 1.29 is 9.90 Å². The van der Waals surface area contributed by atoms with Gasteiger partial charge in [-0.15, -0.1) is 0 Å². The summed E-state index contributed by atoms with van der Waals surface area (Å²) >= 11 is 0. The van der Waals surface area contributed by atoms with Crippen LogP contribution in [0.5, 0.6) is 0 Å². The Morgan fingerprint density at radius 2 is 2.05 bits per heavy atom. The van der Waals surface area contributed by atoms with Crippen LogP contribution >= 0.6 is 0 Å². The molecule has 5 nitrogen and oxygen atoms in total. The molecule has 0 aliphatic heterocycles. The van der Waals surface area contributed by atoms with E-state index < -0.39 is 5.97 Å². The van der Waals surface area contributed by atoms with E-state index in [1.807, 2.05) is 31.5 Å². The lowest BCUT2D eigenvalue weighted by molar-refractivity contribution is 0.0696. The molecule has 1 N–H and O–H groups in total. The predicted octanol–water partition coefficient (Wildman–Crippen LogP) is 3.22. The van der Waals surface area contributed by atoms with Crippen molar-refractivity contribution in [2.45, 2.75) is 46.0 Å². The lowest BCUT2D eigenvalue weighted by Crippen LogP contribution is -2.17. The topological polar surface area (TPSA) is 68.0 Å². The summed E-state index contributed by atoms with van der Waals surface area (Å²) in [7, 11) is 0. The highest BCUT2D eigenvalue weighted by Crippen LogP contribution is 2.23. The smallest absolute Gasteiger partial charge is 0.335 e. The summed E-state index contributed by atoms with van der Waals surface area (Å²) in [6.45, 7) is 8.14. The van der Waals surface area contributed by atoms with Crippen molar-refractivity contribution in [1.82, 2.24) is 14.5 Å². The fraction of sp³-hybridized carbons (Fsp3) is 0.438. The second-order valence-electron chi connectivity index (χ2n) is 6.12. The van der Waals surface area contributed by atoms with E-state index in [4.69, 9.17) is 0 Å². The van der Waals surface area contributed by atoms with Gasteiger partial charge < -0.3 is 5.11 Å². The van der Waals surface area contributed by atoms with Crippen LogP contribution in [0.1, 0.15) is 56.0 Å². The third-order valence-electron chi connectivity index (χ3n) is 3.26. The van der Waals surface area contributed by atoms with Crippen LogP contribution < -0.4 is 0 Å². The van der Waals surface area contributed by atoms with E-state index in [1.165, 1.54) is 0 Å². The van der Waals surface area contributed by atoms with Gasteiger partial charge in [0.2, 0.25) is 0 Å². The van der Waals surface area contributed by atoms with Crippen LogP contribution in [0.2, 0.25) is 0 Å². The second kappa shape index (κ2) is 5.68. The number of hydrogen-bond acceptors (Lipinski definition) is 3. The van der Waals surface area contributed by atoms with Gasteiger partial charge in [-0.05, 0) is 18.6 Å². The number of carboxylic acid groups (broad SMARTS) is 1. The van der Waals surface area contributed by atoms with Crippen molar-refractivity contribution in [1.29, 1.82) is 0 Å². The Morgan fingerprint density at radius 1 is 1.33 bits per heavy atom. The Morgan fingerprint density at radius 3 is 2.62 bits per heavy atom. The van der Waals surface area contributed by atoms with Gasteiger partial charge in [-0.25, -0.2) is 14.8 Å². The Bertz CT molecular complexity index is 654. The molecule has 2 rings (SSSR count). The first-order valence-electron chi connectivity index (χ1n) is 7.11. The van der Waals surface area contributed by atoms with Crippen LogP contribution in [0.3, 0.4) is 0 Å². The third kappa shape index (κ3) is 3.29. The maximum absolute atomic E-state index is 11.4. The van der Waals surface area contributed by atoms with Gasteiger partial charge in [0, 0.05) is 29.9 Å². The molecule has 0 aliphatic rings. The fourth-order valence-electron chi connectivity index (χ4n) is 2.10. The molecule has 0 aliphatic carbocycles. The monoisotopic (exact) mass is 287 g/mol. The van der Waals surface area contributed by atoms with Gasteiger partial charge in [0.1, 0.15) is 11.6 Å². The molecule has 2 heterocycles. The van der Waals surface area contributed by atoms with E-state index in [2.05, 4.69) is 16.9 Å². The van der Waals surface area contributed by atoms with Gasteiger partial charge >= 0.3 is 5.97 Å². The average molecular weight is 287 g/mol. The number of nitrogens with zero attached hydrogens (tertiary/aromatic N) is 3. The van der Waals surface area contributed by atoms with Crippen molar-refractivity contribution in [3.05, 3.63) is 41.6 Å². The Kier molecular flexibility index (Phi) is 4.11. The summed E-state index contributed by atoms with van der Waals surface area (Å²) < 4.78 is 1.87. The molecule has 0 saturated heterocycles. The van der Waals surface area contributed by atoms with Crippen molar-refractivity contribution in [2.75, 3.05) is 0 Å². The number of carbonyl (C=O) groups is 1. The van der Waals surface area contributed by atoms with Crippen LogP contribution in [0.25, 0.3) is 5.82 Å². The molecule has 0 spiro atoms. The molecule has 5 heteroatoms. The summed E-state index contributed by atoms with van der Waals surface area (Å²) in [4.78, 5) is 20.3. The lowest BCUT2D eigenvalue weighted by atomic mass is 9.90. The molecule has 0 amide bonds. The molecule has 112 valence electrons. The minimum atomic E-state index is -0.943. The van der Waals surface area contributed by atoms with Gasteiger partial charge in [-0.3, -0.25) is 4.57 Å². The van der Waals surface area contributed by atoms with Crippen LogP contribution in [-0.2, 0) is 11.8 Å². The van der Waals surface area contributed by atoms with Crippen molar-refractivity contribution >= 4 is 5.97 Å². The number of aryl methyl sites for hydroxylation is 1. The summed E-state index contributed by atoms with van der Waals surface area (Å²) in [5.74, 6) is 0.564. The zero-order valence-electron chi connectivity index (χ0n) is 12.9. The molecule has 0 unspecified atom stereocenters. The van der Waals surface area contributed by atoms with Gasteiger partial charge in [-0.2, -0.15) is 0 Å². The zero-order chi connectivity index (χ0) is 15.6. The second-order valence-corrected chi connectivity index (χ2v) is 6.12.